The smallest absolute Gasteiger partial charge is 0.380 e. The van der Waals surface area contributed by atoms with Gasteiger partial charge in [-0.05, 0) is 37.0 Å². The SMILES string of the molecule is NCC(Cc1ccc(F)cc1)N1CCC(O)(C(F)(F)F)CC1. The van der Waals surface area contributed by atoms with Crippen LogP contribution in [0.25, 0.3) is 0 Å². The Hall–Kier alpha value is -1.18. The molecule has 2 rings (SSSR count). The van der Waals surface area contributed by atoms with Crippen LogP contribution in [0.2, 0.25) is 0 Å². The zero-order valence-electron chi connectivity index (χ0n) is 12.1. The van der Waals surface area contributed by atoms with E-state index in [2.05, 4.69) is 0 Å². The Morgan fingerprint density at radius 3 is 2.18 bits per heavy atom. The second-order valence-corrected chi connectivity index (χ2v) is 5.79. The van der Waals surface area contributed by atoms with Gasteiger partial charge in [-0.3, -0.25) is 4.90 Å². The van der Waals surface area contributed by atoms with Gasteiger partial charge in [-0.1, -0.05) is 12.1 Å². The maximum atomic E-state index is 12.9. The lowest BCUT2D eigenvalue weighted by atomic mass is 9.89. The van der Waals surface area contributed by atoms with E-state index in [-0.39, 0.29) is 37.8 Å². The summed E-state index contributed by atoms with van der Waals surface area (Å²) in [5.74, 6) is -0.332. The minimum Gasteiger partial charge on any atom is -0.380 e. The number of aliphatic hydroxyl groups is 1. The highest BCUT2D eigenvalue weighted by Gasteiger charge is 2.54. The van der Waals surface area contributed by atoms with Crippen molar-refractivity contribution in [3.8, 4) is 0 Å². The molecule has 0 amide bonds. The number of piperidine rings is 1. The third-order valence-corrected chi connectivity index (χ3v) is 4.33. The summed E-state index contributed by atoms with van der Waals surface area (Å²) in [7, 11) is 0. The van der Waals surface area contributed by atoms with E-state index in [0.717, 1.165) is 5.56 Å². The number of benzene rings is 1. The predicted octanol–water partition coefficient (Wildman–Crippen LogP) is 2.08. The molecule has 1 atom stereocenters. The highest BCUT2D eigenvalue weighted by atomic mass is 19.4. The number of rotatable bonds is 4. The molecule has 0 radical (unpaired) electrons. The second-order valence-electron chi connectivity index (χ2n) is 5.79. The molecule has 0 aliphatic carbocycles. The summed E-state index contributed by atoms with van der Waals surface area (Å²) in [5, 5.41) is 9.68. The minimum atomic E-state index is -4.60. The quantitative estimate of drug-likeness (QED) is 0.835. The summed E-state index contributed by atoms with van der Waals surface area (Å²) in [6, 6.07) is 5.87. The summed E-state index contributed by atoms with van der Waals surface area (Å²) in [4.78, 5) is 1.86. The molecule has 1 aromatic carbocycles. The van der Waals surface area contributed by atoms with Crippen molar-refractivity contribution in [3.63, 3.8) is 0 Å². The lowest BCUT2D eigenvalue weighted by Crippen LogP contribution is -2.56. The van der Waals surface area contributed by atoms with E-state index < -0.39 is 11.8 Å². The molecule has 1 aromatic rings. The van der Waals surface area contributed by atoms with Crippen molar-refractivity contribution in [1.29, 1.82) is 0 Å². The molecule has 1 aliphatic heterocycles. The lowest BCUT2D eigenvalue weighted by molar-refractivity contribution is -0.273. The fraction of sp³-hybridized carbons (Fsp3) is 0.600. The van der Waals surface area contributed by atoms with Crippen molar-refractivity contribution < 1.29 is 22.7 Å². The first-order chi connectivity index (χ1) is 10.2. The van der Waals surface area contributed by atoms with Crippen LogP contribution in [0.3, 0.4) is 0 Å². The van der Waals surface area contributed by atoms with E-state index in [1.54, 1.807) is 12.1 Å². The molecule has 0 aromatic heterocycles. The Morgan fingerprint density at radius 1 is 1.18 bits per heavy atom. The maximum Gasteiger partial charge on any atom is 0.417 e. The van der Waals surface area contributed by atoms with Crippen LogP contribution in [-0.4, -0.2) is 47.5 Å². The van der Waals surface area contributed by atoms with Gasteiger partial charge in [0.1, 0.15) is 5.82 Å². The van der Waals surface area contributed by atoms with Gasteiger partial charge in [0.05, 0.1) is 0 Å². The number of alkyl halides is 3. The number of hydrogen-bond acceptors (Lipinski definition) is 3. The molecular formula is C15H20F4N2O. The van der Waals surface area contributed by atoms with Gasteiger partial charge in [0.2, 0.25) is 0 Å². The molecule has 124 valence electrons. The van der Waals surface area contributed by atoms with Crippen LogP contribution in [0.4, 0.5) is 17.6 Å². The highest BCUT2D eigenvalue weighted by Crippen LogP contribution is 2.38. The molecule has 3 N–H and O–H groups in total. The van der Waals surface area contributed by atoms with E-state index in [1.807, 2.05) is 4.90 Å². The molecule has 1 saturated heterocycles. The molecule has 7 heteroatoms. The van der Waals surface area contributed by atoms with Gasteiger partial charge in [-0.15, -0.1) is 0 Å². The van der Waals surface area contributed by atoms with Crippen LogP contribution in [0.15, 0.2) is 24.3 Å². The van der Waals surface area contributed by atoms with Crippen molar-refractivity contribution in [2.45, 2.75) is 37.1 Å². The topological polar surface area (TPSA) is 49.5 Å². The third-order valence-electron chi connectivity index (χ3n) is 4.33. The Kier molecular flexibility index (Phi) is 5.09. The Balaban J connectivity index is 1.97. The van der Waals surface area contributed by atoms with Crippen molar-refractivity contribution in [3.05, 3.63) is 35.6 Å². The molecule has 3 nitrogen and oxygen atoms in total. The first-order valence-electron chi connectivity index (χ1n) is 7.23. The van der Waals surface area contributed by atoms with Crippen LogP contribution < -0.4 is 5.73 Å². The Morgan fingerprint density at radius 2 is 1.73 bits per heavy atom. The summed E-state index contributed by atoms with van der Waals surface area (Å²) in [5.41, 5.74) is 4.02. The first kappa shape index (κ1) is 17.2. The van der Waals surface area contributed by atoms with Crippen LogP contribution in [-0.2, 0) is 6.42 Å². The molecular weight excluding hydrogens is 300 g/mol. The van der Waals surface area contributed by atoms with E-state index in [9.17, 15) is 22.7 Å². The fourth-order valence-electron chi connectivity index (χ4n) is 2.80. The molecule has 0 saturated carbocycles. The van der Waals surface area contributed by atoms with Gasteiger partial charge in [-0.25, -0.2) is 4.39 Å². The number of hydrogen-bond donors (Lipinski definition) is 2. The molecule has 1 fully saturated rings. The normalized spacial score (nSPS) is 20.8. The highest BCUT2D eigenvalue weighted by molar-refractivity contribution is 5.17. The summed E-state index contributed by atoms with van der Waals surface area (Å²) in [6.45, 7) is 0.569. The predicted molar refractivity (Wildman–Crippen MR) is 74.8 cm³/mol. The molecule has 1 unspecified atom stereocenters. The molecule has 22 heavy (non-hydrogen) atoms. The third kappa shape index (κ3) is 3.77. The first-order valence-corrected chi connectivity index (χ1v) is 7.23. The second kappa shape index (κ2) is 6.52. The van der Waals surface area contributed by atoms with Crippen molar-refractivity contribution in [1.82, 2.24) is 4.90 Å². The largest absolute Gasteiger partial charge is 0.417 e. The standard InChI is InChI=1S/C15H20F4N2O/c16-12-3-1-11(2-4-12)9-13(10-20)21-7-5-14(22,6-8-21)15(17,18)19/h1-4,13,22H,5-10,20H2. The van der Waals surface area contributed by atoms with Crippen molar-refractivity contribution in [2.24, 2.45) is 5.73 Å². The number of likely N-dealkylation sites (tertiary alicyclic amines) is 1. The van der Waals surface area contributed by atoms with Crippen LogP contribution >= 0.6 is 0 Å². The number of halogens is 4. The fourth-order valence-corrected chi connectivity index (χ4v) is 2.80. The van der Waals surface area contributed by atoms with Gasteiger partial charge in [-0.2, -0.15) is 13.2 Å². The Bertz CT molecular complexity index is 481. The van der Waals surface area contributed by atoms with Gasteiger partial charge in [0.25, 0.3) is 0 Å². The van der Waals surface area contributed by atoms with Gasteiger partial charge >= 0.3 is 6.18 Å². The van der Waals surface area contributed by atoms with E-state index >= 15 is 0 Å². The van der Waals surface area contributed by atoms with Crippen molar-refractivity contribution in [2.75, 3.05) is 19.6 Å². The maximum absolute atomic E-state index is 12.9. The summed E-state index contributed by atoms with van der Waals surface area (Å²) >= 11 is 0. The lowest BCUT2D eigenvalue weighted by Gasteiger charge is -2.42. The van der Waals surface area contributed by atoms with Gasteiger partial charge in [0, 0.05) is 25.7 Å². The summed E-state index contributed by atoms with van der Waals surface area (Å²) in [6.07, 6.45) is -4.76. The van der Waals surface area contributed by atoms with Crippen LogP contribution in [0.5, 0.6) is 0 Å². The zero-order valence-corrected chi connectivity index (χ0v) is 12.1. The average molecular weight is 320 g/mol. The Labute approximate surface area is 126 Å². The monoisotopic (exact) mass is 320 g/mol. The summed E-state index contributed by atoms with van der Waals surface area (Å²) < 4.78 is 51.3. The number of nitrogens with two attached hydrogens (primary N) is 1. The average Bonchev–Trinajstić information content (AvgIpc) is 2.47. The van der Waals surface area contributed by atoms with Crippen molar-refractivity contribution >= 4 is 0 Å². The van der Waals surface area contributed by atoms with Gasteiger partial charge in [0.15, 0.2) is 5.60 Å². The zero-order chi connectivity index (χ0) is 16.4. The molecule has 0 bridgehead atoms. The molecule has 1 heterocycles. The van der Waals surface area contributed by atoms with E-state index in [1.165, 1.54) is 12.1 Å². The minimum absolute atomic E-state index is 0.122. The van der Waals surface area contributed by atoms with E-state index in [4.69, 9.17) is 5.73 Å². The van der Waals surface area contributed by atoms with Gasteiger partial charge < -0.3 is 10.8 Å². The molecule has 1 aliphatic rings. The van der Waals surface area contributed by atoms with Crippen LogP contribution in [0, 0.1) is 5.82 Å². The van der Waals surface area contributed by atoms with Crippen LogP contribution in [0.1, 0.15) is 18.4 Å². The molecule has 0 spiro atoms. The van der Waals surface area contributed by atoms with E-state index in [0.29, 0.717) is 13.0 Å². The number of nitrogens with zero attached hydrogens (tertiary/aromatic N) is 1.